The molecule has 27 heavy (non-hydrogen) atoms. The second-order valence-corrected chi connectivity index (χ2v) is 8.06. The Balaban J connectivity index is 2.48. The second kappa shape index (κ2) is 10.7. The lowest BCUT2D eigenvalue weighted by Crippen LogP contribution is -2.43. The Morgan fingerprint density at radius 1 is 0.815 bits per heavy atom. The van der Waals surface area contributed by atoms with Crippen molar-refractivity contribution in [2.75, 3.05) is 13.2 Å². The molecule has 0 aliphatic heterocycles. The summed E-state index contributed by atoms with van der Waals surface area (Å²) in [6.45, 7) is 8.48. The largest absolute Gasteiger partial charge is 0.456 e. The smallest absolute Gasteiger partial charge is 0.344 e. The monoisotopic (exact) mass is 384 g/mol. The Morgan fingerprint density at radius 3 is 1.89 bits per heavy atom. The lowest BCUT2D eigenvalue weighted by Gasteiger charge is -2.41. The van der Waals surface area contributed by atoms with Gasteiger partial charge in [0.1, 0.15) is 5.60 Å². The summed E-state index contributed by atoms with van der Waals surface area (Å²) < 4.78 is 15.7. The quantitative estimate of drug-likeness (QED) is 0.415. The van der Waals surface area contributed by atoms with Gasteiger partial charge in [-0.15, -0.1) is 0 Å². The summed E-state index contributed by atoms with van der Waals surface area (Å²) in [5.74, 6) is -1.39. The molecule has 0 aromatic carbocycles. The van der Waals surface area contributed by atoms with Crippen LogP contribution in [0.5, 0.6) is 0 Å². The molecule has 0 amide bonds. The Morgan fingerprint density at radius 2 is 1.37 bits per heavy atom. The number of ether oxygens (including phenoxy) is 3. The van der Waals surface area contributed by atoms with Crippen molar-refractivity contribution in [2.24, 2.45) is 11.3 Å². The standard InChI is InChI=1S/C21H36O6/c1-6-20(4,5)19(24)26-14-17(22)25-15-18(23)27-21(7-2,8-3)16-12-10-9-11-13-16/h16H,6-15H2,1-5H3. The Bertz CT molecular complexity index is 501. The molecular formula is C21H36O6. The lowest BCUT2D eigenvalue weighted by atomic mass is 9.74. The van der Waals surface area contributed by atoms with Crippen LogP contribution in [0.25, 0.3) is 0 Å². The molecular weight excluding hydrogens is 348 g/mol. The molecule has 6 nitrogen and oxygen atoms in total. The number of rotatable bonds is 10. The molecule has 156 valence electrons. The molecule has 0 saturated heterocycles. The predicted octanol–water partition coefficient (Wildman–Crippen LogP) is 4.19. The molecule has 0 aromatic rings. The van der Waals surface area contributed by atoms with Gasteiger partial charge >= 0.3 is 17.9 Å². The van der Waals surface area contributed by atoms with E-state index in [1.165, 1.54) is 19.3 Å². The molecule has 6 heteroatoms. The van der Waals surface area contributed by atoms with Crippen LogP contribution in [0.1, 0.15) is 86.0 Å². The molecule has 1 saturated carbocycles. The van der Waals surface area contributed by atoms with E-state index in [0.29, 0.717) is 12.3 Å². The molecule has 0 bridgehead atoms. The fourth-order valence-electron chi connectivity index (χ4n) is 3.59. The molecule has 1 aliphatic carbocycles. The maximum atomic E-state index is 12.3. The molecule has 0 N–H and O–H groups in total. The Labute approximate surface area is 163 Å². The molecule has 0 atom stereocenters. The van der Waals surface area contributed by atoms with E-state index in [0.717, 1.165) is 25.7 Å². The van der Waals surface area contributed by atoms with E-state index >= 15 is 0 Å². The fourth-order valence-corrected chi connectivity index (χ4v) is 3.59. The minimum Gasteiger partial charge on any atom is -0.456 e. The van der Waals surface area contributed by atoms with Crippen LogP contribution in [0, 0.1) is 11.3 Å². The predicted molar refractivity (Wildman–Crippen MR) is 102 cm³/mol. The van der Waals surface area contributed by atoms with Crippen LogP contribution < -0.4 is 0 Å². The lowest BCUT2D eigenvalue weighted by molar-refractivity contribution is -0.180. The first-order valence-corrected chi connectivity index (χ1v) is 10.3. The summed E-state index contributed by atoms with van der Waals surface area (Å²) in [6, 6.07) is 0. The molecule has 0 unspecified atom stereocenters. The highest BCUT2D eigenvalue weighted by Gasteiger charge is 2.40. The van der Waals surface area contributed by atoms with Crippen LogP contribution in [0.4, 0.5) is 0 Å². The molecule has 1 aliphatic rings. The topological polar surface area (TPSA) is 78.9 Å². The van der Waals surface area contributed by atoms with Crippen LogP contribution in [0.15, 0.2) is 0 Å². The molecule has 0 heterocycles. The number of hydrogen-bond donors (Lipinski definition) is 0. The summed E-state index contributed by atoms with van der Waals surface area (Å²) in [4.78, 5) is 35.9. The highest BCUT2D eigenvalue weighted by Crippen LogP contribution is 2.39. The van der Waals surface area contributed by atoms with Crippen LogP contribution in [-0.2, 0) is 28.6 Å². The van der Waals surface area contributed by atoms with Gasteiger partial charge in [-0.2, -0.15) is 0 Å². The zero-order valence-electron chi connectivity index (χ0n) is 17.6. The van der Waals surface area contributed by atoms with Crippen molar-refractivity contribution in [3.05, 3.63) is 0 Å². The summed E-state index contributed by atoms with van der Waals surface area (Å²) in [7, 11) is 0. The average molecular weight is 385 g/mol. The van der Waals surface area contributed by atoms with Crippen molar-refractivity contribution in [3.63, 3.8) is 0 Å². The fraction of sp³-hybridized carbons (Fsp3) is 0.857. The van der Waals surface area contributed by atoms with Gasteiger partial charge in [0, 0.05) is 0 Å². The first-order chi connectivity index (χ1) is 12.7. The molecule has 0 radical (unpaired) electrons. The zero-order chi connectivity index (χ0) is 20.5. The first-order valence-electron chi connectivity index (χ1n) is 10.3. The Hall–Kier alpha value is -1.59. The number of hydrogen-bond acceptors (Lipinski definition) is 6. The van der Waals surface area contributed by atoms with E-state index in [4.69, 9.17) is 14.2 Å². The van der Waals surface area contributed by atoms with Gasteiger partial charge in [0.15, 0.2) is 13.2 Å². The van der Waals surface area contributed by atoms with Crippen molar-refractivity contribution in [3.8, 4) is 0 Å². The maximum absolute atomic E-state index is 12.3. The van der Waals surface area contributed by atoms with Gasteiger partial charge in [0.05, 0.1) is 5.41 Å². The highest BCUT2D eigenvalue weighted by atomic mass is 16.6. The minimum absolute atomic E-state index is 0.359. The minimum atomic E-state index is -0.747. The SMILES string of the molecule is CCC(C)(C)C(=O)OCC(=O)OCC(=O)OC(CC)(CC)C1CCCCC1. The van der Waals surface area contributed by atoms with E-state index in [2.05, 4.69) is 0 Å². The van der Waals surface area contributed by atoms with Crippen molar-refractivity contribution >= 4 is 17.9 Å². The van der Waals surface area contributed by atoms with Crippen molar-refractivity contribution in [1.82, 2.24) is 0 Å². The number of carbonyl (C=O) groups excluding carboxylic acids is 3. The summed E-state index contributed by atoms with van der Waals surface area (Å²) in [6.07, 6.45) is 7.80. The van der Waals surface area contributed by atoms with Gasteiger partial charge in [-0.25, -0.2) is 9.59 Å². The number of carbonyl (C=O) groups is 3. The van der Waals surface area contributed by atoms with Crippen LogP contribution in [0.2, 0.25) is 0 Å². The van der Waals surface area contributed by atoms with Gasteiger partial charge in [-0.1, -0.05) is 40.0 Å². The van der Waals surface area contributed by atoms with Crippen LogP contribution in [0.3, 0.4) is 0 Å². The zero-order valence-corrected chi connectivity index (χ0v) is 17.6. The molecule has 1 rings (SSSR count). The van der Waals surface area contributed by atoms with Crippen LogP contribution >= 0.6 is 0 Å². The normalized spacial score (nSPS) is 15.9. The van der Waals surface area contributed by atoms with Crippen molar-refractivity contribution in [2.45, 2.75) is 91.6 Å². The maximum Gasteiger partial charge on any atom is 0.344 e. The molecule has 0 aromatic heterocycles. The molecule has 0 spiro atoms. The van der Waals surface area contributed by atoms with Gasteiger partial charge < -0.3 is 14.2 Å². The van der Waals surface area contributed by atoms with Crippen molar-refractivity contribution in [1.29, 1.82) is 0 Å². The average Bonchev–Trinajstić information content (AvgIpc) is 2.69. The Kier molecular flexibility index (Phi) is 9.27. The third-order valence-electron chi connectivity index (χ3n) is 5.97. The highest BCUT2D eigenvalue weighted by molar-refractivity contribution is 5.81. The van der Waals surface area contributed by atoms with Gasteiger partial charge in [0.2, 0.25) is 0 Å². The molecule has 1 fully saturated rings. The third kappa shape index (κ3) is 6.82. The van der Waals surface area contributed by atoms with E-state index in [1.807, 2.05) is 20.8 Å². The summed E-state index contributed by atoms with van der Waals surface area (Å²) in [5, 5.41) is 0. The van der Waals surface area contributed by atoms with E-state index in [9.17, 15) is 14.4 Å². The van der Waals surface area contributed by atoms with Gasteiger partial charge in [-0.05, 0) is 51.9 Å². The third-order valence-corrected chi connectivity index (χ3v) is 5.97. The van der Waals surface area contributed by atoms with Crippen LogP contribution in [-0.4, -0.2) is 36.7 Å². The number of esters is 3. The summed E-state index contributed by atoms with van der Waals surface area (Å²) in [5.41, 5.74) is -1.14. The van der Waals surface area contributed by atoms with Gasteiger partial charge in [-0.3, -0.25) is 4.79 Å². The summed E-state index contributed by atoms with van der Waals surface area (Å²) >= 11 is 0. The first kappa shape index (κ1) is 23.4. The van der Waals surface area contributed by atoms with Crippen molar-refractivity contribution < 1.29 is 28.6 Å². The van der Waals surface area contributed by atoms with E-state index in [-0.39, 0.29) is 0 Å². The van der Waals surface area contributed by atoms with E-state index < -0.39 is 42.1 Å². The van der Waals surface area contributed by atoms with Gasteiger partial charge in [0.25, 0.3) is 0 Å². The second-order valence-electron chi connectivity index (χ2n) is 8.06. The van der Waals surface area contributed by atoms with E-state index in [1.54, 1.807) is 13.8 Å².